The number of nitrogens with one attached hydrogen (secondary N) is 2. The largest absolute Gasteiger partial charge is 0.481 e. The maximum absolute atomic E-state index is 14.5. The van der Waals surface area contributed by atoms with Crippen LogP contribution in [-0.4, -0.2) is 59.6 Å². The number of anilines is 1. The summed E-state index contributed by atoms with van der Waals surface area (Å²) in [5.74, 6) is -1.95. The minimum Gasteiger partial charge on any atom is -0.481 e. The van der Waals surface area contributed by atoms with Crippen molar-refractivity contribution in [3.05, 3.63) is 83.3 Å². The Balaban J connectivity index is 1.14. The molecule has 3 aromatic rings. The van der Waals surface area contributed by atoms with Crippen LogP contribution < -0.4 is 10.6 Å². The van der Waals surface area contributed by atoms with Gasteiger partial charge in [-0.05, 0) is 92.1 Å². The van der Waals surface area contributed by atoms with E-state index in [0.29, 0.717) is 17.7 Å². The normalized spacial score (nSPS) is 17.9. The second-order valence-corrected chi connectivity index (χ2v) is 10.9. The summed E-state index contributed by atoms with van der Waals surface area (Å²) in [5.41, 5.74) is 4.13. The average Bonchev–Trinajstić information content (AvgIpc) is 2.97. The van der Waals surface area contributed by atoms with Gasteiger partial charge in [-0.1, -0.05) is 42.5 Å². The van der Waals surface area contributed by atoms with Gasteiger partial charge in [0.1, 0.15) is 11.6 Å². The number of carboxylic acids is 1. The molecule has 2 aliphatic heterocycles. The fourth-order valence-electron chi connectivity index (χ4n) is 5.77. The minimum atomic E-state index is -1.10. The molecule has 0 aliphatic carbocycles. The number of aliphatic carboxylic acids is 1. The zero-order valence-electron chi connectivity index (χ0n) is 22.7. The molecule has 1 fully saturated rings. The van der Waals surface area contributed by atoms with Crippen molar-refractivity contribution in [2.24, 2.45) is 5.92 Å². The number of aryl methyl sites for hydroxylation is 2. The predicted molar refractivity (Wildman–Crippen MR) is 154 cm³/mol. The third-order valence-corrected chi connectivity index (χ3v) is 7.94. The van der Waals surface area contributed by atoms with Gasteiger partial charge in [0.25, 0.3) is 0 Å². The SMILES string of the molecule is O=C(NC[C@@H](C(=O)O)c1cc(F)cc(-c2ccccc2)c1)[C@@H]1CCCN(CCCc2ccc3c(n2)NCCC3)C1. The molecule has 2 aromatic carbocycles. The van der Waals surface area contributed by atoms with E-state index in [2.05, 4.69) is 27.7 Å². The predicted octanol–water partition coefficient (Wildman–Crippen LogP) is 4.88. The van der Waals surface area contributed by atoms with Crippen LogP contribution in [0.4, 0.5) is 10.2 Å². The number of piperidine rings is 1. The molecule has 3 N–H and O–H groups in total. The van der Waals surface area contributed by atoms with Gasteiger partial charge in [0.15, 0.2) is 0 Å². The number of rotatable bonds is 10. The molecule has 3 heterocycles. The van der Waals surface area contributed by atoms with Crippen LogP contribution in [0.2, 0.25) is 0 Å². The molecule has 40 heavy (non-hydrogen) atoms. The third-order valence-electron chi connectivity index (χ3n) is 7.94. The van der Waals surface area contributed by atoms with Crippen LogP contribution in [0.5, 0.6) is 0 Å². The number of pyridine rings is 1. The molecule has 2 atom stereocenters. The fraction of sp³-hybridized carbons (Fsp3) is 0.406. The van der Waals surface area contributed by atoms with Crippen LogP contribution in [0.3, 0.4) is 0 Å². The molecular weight excluding hydrogens is 507 g/mol. The number of benzene rings is 2. The van der Waals surface area contributed by atoms with Crippen LogP contribution in [0.25, 0.3) is 11.1 Å². The molecule has 5 rings (SSSR count). The van der Waals surface area contributed by atoms with Gasteiger partial charge in [-0.15, -0.1) is 0 Å². The molecule has 2 aliphatic rings. The number of hydrogen-bond acceptors (Lipinski definition) is 5. The third kappa shape index (κ3) is 7.04. The Bertz CT molecular complexity index is 1330. The van der Waals surface area contributed by atoms with Gasteiger partial charge >= 0.3 is 5.97 Å². The molecule has 0 bridgehead atoms. The molecule has 210 valence electrons. The Morgan fingerprint density at radius 3 is 2.77 bits per heavy atom. The monoisotopic (exact) mass is 544 g/mol. The Morgan fingerprint density at radius 2 is 1.95 bits per heavy atom. The Kier molecular flexibility index (Phi) is 9.06. The Morgan fingerprint density at radius 1 is 1.10 bits per heavy atom. The first-order valence-corrected chi connectivity index (χ1v) is 14.3. The number of fused-ring (bicyclic) bond motifs is 1. The van der Waals surface area contributed by atoms with Gasteiger partial charge in [-0.3, -0.25) is 9.59 Å². The highest BCUT2D eigenvalue weighted by Gasteiger charge is 2.28. The van der Waals surface area contributed by atoms with Gasteiger partial charge < -0.3 is 20.6 Å². The summed E-state index contributed by atoms with van der Waals surface area (Å²) < 4.78 is 14.5. The van der Waals surface area contributed by atoms with Crippen molar-refractivity contribution >= 4 is 17.7 Å². The first-order valence-electron chi connectivity index (χ1n) is 14.3. The standard InChI is InChI=1S/C32H37FN4O3/c33-27-18-25(22-7-2-1-3-8-22)17-26(19-27)29(32(39)40)20-35-31(38)24-10-5-15-37(21-24)16-6-11-28-13-12-23-9-4-14-34-30(23)36-28/h1-3,7-8,12-13,17-19,24,29H,4-6,9-11,14-16,20-21H2,(H,34,36)(H,35,38)(H,39,40)/t24-,29-/m1/s1. The number of amides is 1. The molecule has 0 saturated carbocycles. The molecule has 1 amide bonds. The maximum Gasteiger partial charge on any atom is 0.312 e. The van der Waals surface area contributed by atoms with Crippen molar-refractivity contribution < 1.29 is 19.1 Å². The van der Waals surface area contributed by atoms with E-state index in [1.54, 1.807) is 6.07 Å². The van der Waals surface area contributed by atoms with Crippen LogP contribution in [0.15, 0.2) is 60.7 Å². The molecule has 0 radical (unpaired) electrons. The molecule has 8 heteroatoms. The summed E-state index contributed by atoms with van der Waals surface area (Å²) in [6.07, 6.45) is 5.78. The van der Waals surface area contributed by atoms with Crippen molar-refractivity contribution in [2.75, 3.05) is 38.0 Å². The number of halogens is 1. The summed E-state index contributed by atoms with van der Waals surface area (Å²) in [7, 11) is 0. The summed E-state index contributed by atoms with van der Waals surface area (Å²) in [4.78, 5) is 32.3. The second-order valence-electron chi connectivity index (χ2n) is 10.9. The van der Waals surface area contributed by atoms with Crippen LogP contribution >= 0.6 is 0 Å². The van der Waals surface area contributed by atoms with Gasteiger partial charge in [-0.2, -0.15) is 0 Å². The van der Waals surface area contributed by atoms with E-state index >= 15 is 0 Å². The van der Waals surface area contributed by atoms with E-state index in [0.717, 1.165) is 75.2 Å². The zero-order valence-corrected chi connectivity index (χ0v) is 22.7. The lowest BCUT2D eigenvalue weighted by Crippen LogP contribution is -2.44. The Hall–Kier alpha value is -3.78. The van der Waals surface area contributed by atoms with E-state index in [4.69, 9.17) is 4.98 Å². The molecule has 1 aromatic heterocycles. The quantitative estimate of drug-likeness (QED) is 0.337. The fourth-order valence-corrected chi connectivity index (χ4v) is 5.77. The lowest BCUT2D eigenvalue weighted by atomic mass is 9.93. The molecule has 7 nitrogen and oxygen atoms in total. The topological polar surface area (TPSA) is 94.6 Å². The lowest BCUT2D eigenvalue weighted by molar-refractivity contribution is -0.138. The van der Waals surface area contributed by atoms with Crippen LogP contribution in [0, 0.1) is 11.7 Å². The van der Waals surface area contributed by atoms with Crippen molar-refractivity contribution in [1.82, 2.24) is 15.2 Å². The van der Waals surface area contributed by atoms with Crippen molar-refractivity contribution in [1.29, 1.82) is 0 Å². The summed E-state index contributed by atoms with van der Waals surface area (Å²) in [6, 6.07) is 17.9. The van der Waals surface area contributed by atoms with Crippen molar-refractivity contribution in [3.63, 3.8) is 0 Å². The summed E-state index contributed by atoms with van der Waals surface area (Å²) in [6.45, 7) is 3.39. The second kappa shape index (κ2) is 13.0. The summed E-state index contributed by atoms with van der Waals surface area (Å²) >= 11 is 0. The molecule has 0 spiro atoms. The van der Waals surface area contributed by atoms with Crippen molar-refractivity contribution in [3.8, 4) is 11.1 Å². The van der Waals surface area contributed by atoms with Gasteiger partial charge in [0.2, 0.25) is 5.91 Å². The Labute approximate surface area is 234 Å². The number of carbonyl (C=O) groups is 2. The number of carbonyl (C=O) groups excluding carboxylic acids is 1. The maximum atomic E-state index is 14.5. The highest BCUT2D eigenvalue weighted by Crippen LogP contribution is 2.27. The number of aromatic nitrogens is 1. The minimum absolute atomic E-state index is 0.0830. The summed E-state index contributed by atoms with van der Waals surface area (Å²) in [5, 5.41) is 16.2. The zero-order chi connectivity index (χ0) is 27.9. The number of nitrogens with zero attached hydrogens (tertiary/aromatic N) is 2. The first-order chi connectivity index (χ1) is 19.5. The van der Waals surface area contributed by atoms with Crippen LogP contribution in [-0.2, 0) is 22.4 Å². The highest BCUT2D eigenvalue weighted by molar-refractivity contribution is 5.82. The van der Waals surface area contributed by atoms with Gasteiger partial charge in [0, 0.05) is 25.3 Å². The van der Waals surface area contributed by atoms with E-state index in [9.17, 15) is 19.1 Å². The lowest BCUT2D eigenvalue weighted by Gasteiger charge is -2.32. The van der Waals surface area contributed by atoms with Gasteiger partial charge in [-0.25, -0.2) is 9.37 Å². The van der Waals surface area contributed by atoms with E-state index < -0.39 is 17.7 Å². The highest BCUT2D eigenvalue weighted by atomic mass is 19.1. The van der Waals surface area contributed by atoms with Crippen molar-refractivity contribution in [2.45, 2.75) is 44.4 Å². The molecule has 0 unspecified atom stereocenters. The van der Waals surface area contributed by atoms with E-state index in [1.165, 1.54) is 17.7 Å². The van der Waals surface area contributed by atoms with E-state index in [1.807, 2.05) is 30.3 Å². The van der Waals surface area contributed by atoms with Crippen LogP contribution in [0.1, 0.15) is 48.4 Å². The smallest absolute Gasteiger partial charge is 0.312 e. The molecular formula is C32H37FN4O3. The molecule has 1 saturated heterocycles. The van der Waals surface area contributed by atoms with E-state index in [-0.39, 0.29) is 18.4 Å². The number of hydrogen-bond donors (Lipinski definition) is 3. The average molecular weight is 545 g/mol. The number of likely N-dealkylation sites (tertiary alicyclic amines) is 1. The van der Waals surface area contributed by atoms with Gasteiger partial charge in [0.05, 0.1) is 11.8 Å². The number of carboxylic acid groups (broad SMARTS) is 1. The first kappa shape index (κ1) is 27.8.